The maximum absolute atomic E-state index is 12.4. The average molecular weight is 340 g/mol. The van der Waals surface area contributed by atoms with Crippen LogP contribution in [0.15, 0.2) is 42.6 Å². The zero-order chi connectivity index (χ0) is 17.5. The van der Waals surface area contributed by atoms with Crippen molar-refractivity contribution in [3.63, 3.8) is 0 Å². The molecule has 1 amide bonds. The van der Waals surface area contributed by atoms with Gasteiger partial charge in [-0.15, -0.1) is 0 Å². The molecule has 5 heteroatoms. The van der Waals surface area contributed by atoms with E-state index in [-0.39, 0.29) is 12.0 Å². The lowest BCUT2D eigenvalue weighted by atomic mass is 10.1. The second kappa shape index (κ2) is 8.62. The molecule has 5 nitrogen and oxygen atoms in total. The highest BCUT2D eigenvalue weighted by atomic mass is 16.5. The van der Waals surface area contributed by atoms with Gasteiger partial charge < -0.3 is 14.8 Å². The molecule has 0 spiro atoms. The van der Waals surface area contributed by atoms with Crippen LogP contribution in [-0.4, -0.2) is 30.2 Å². The van der Waals surface area contributed by atoms with Crippen LogP contribution in [0.1, 0.15) is 42.1 Å². The molecule has 1 N–H and O–H groups in total. The Bertz CT molecular complexity index is 694. The number of nitrogens with zero attached hydrogens (tertiary/aromatic N) is 1. The van der Waals surface area contributed by atoms with E-state index in [1.54, 1.807) is 18.3 Å². The molecule has 1 aliphatic rings. The number of carbonyl (C=O) groups excluding carboxylic acids is 1. The normalized spacial score (nSPS) is 16.6. The Morgan fingerprint density at radius 1 is 1.32 bits per heavy atom. The number of ether oxygens (including phenoxy) is 2. The number of aromatic nitrogens is 1. The zero-order valence-electron chi connectivity index (χ0n) is 14.5. The van der Waals surface area contributed by atoms with Crippen molar-refractivity contribution < 1.29 is 14.3 Å². The Morgan fingerprint density at radius 3 is 2.88 bits per heavy atom. The summed E-state index contributed by atoms with van der Waals surface area (Å²) in [6.07, 6.45) is 5.88. The van der Waals surface area contributed by atoms with Crippen LogP contribution in [0.4, 0.5) is 5.69 Å². The summed E-state index contributed by atoms with van der Waals surface area (Å²) in [5.41, 5.74) is 2.60. The van der Waals surface area contributed by atoms with Gasteiger partial charge in [0.2, 0.25) is 5.88 Å². The van der Waals surface area contributed by atoms with Gasteiger partial charge in [-0.1, -0.05) is 25.5 Å². The molecule has 132 valence electrons. The van der Waals surface area contributed by atoms with Gasteiger partial charge in [0.15, 0.2) is 0 Å². The molecule has 3 rings (SSSR count). The molecule has 2 heterocycles. The van der Waals surface area contributed by atoms with Crippen molar-refractivity contribution >= 4 is 11.6 Å². The number of benzene rings is 1. The fourth-order valence-corrected chi connectivity index (χ4v) is 2.73. The van der Waals surface area contributed by atoms with Gasteiger partial charge in [0.25, 0.3) is 5.91 Å². The van der Waals surface area contributed by atoms with Gasteiger partial charge in [-0.2, -0.15) is 0 Å². The van der Waals surface area contributed by atoms with Crippen molar-refractivity contribution in [2.45, 2.75) is 38.7 Å². The zero-order valence-corrected chi connectivity index (χ0v) is 14.5. The van der Waals surface area contributed by atoms with Crippen LogP contribution in [-0.2, 0) is 11.2 Å². The third-order valence-electron chi connectivity index (χ3n) is 4.20. The number of hydrogen-bond donors (Lipinski definition) is 1. The van der Waals surface area contributed by atoms with E-state index in [0.717, 1.165) is 18.5 Å². The molecule has 1 atom stereocenters. The van der Waals surface area contributed by atoms with Crippen molar-refractivity contribution in [3.05, 3.63) is 53.7 Å². The molecule has 0 aliphatic carbocycles. The lowest BCUT2D eigenvalue weighted by Gasteiger charge is -2.11. The predicted octanol–water partition coefficient (Wildman–Crippen LogP) is 3.84. The van der Waals surface area contributed by atoms with Crippen LogP contribution in [0, 0.1) is 0 Å². The third-order valence-corrected chi connectivity index (χ3v) is 4.20. The first kappa shape index (κ1) is 17.4. The van der Waals surface area contributed by atoms with Gasteiger partial charge in [0.1, 0.15) is 6.10 Å². The summed E-state index contributed by atoms with van der Waals surface area (Å²) in [6, 6.07) is 11.4. The third kappa shape index (κ3) is 5.03. The number of amides is 1. The van der Waals surface area contributed by atoms with Crippen LogP contribution >= 0.6 is 0 Å². The van der Waals surface area contributed by atoms with E-state index in [4.69, 9.17) is 9.47 Å². The van der Waals surface area contributed by atoms with Gasteiger partial charge in [0.05, 0.1) is 13.2 Å². The highest BCUT2D eigenvalue weighted by molar-refractivity contribution is 6.04. The molecule has 2 aromatic rings. The van der Waals surface area contributed by atoms with Gasteiger partial charge in [-0.05, 0) is 36.6 Å². The van der Waals surface area contributed by atoms with Gasteiger partial charge in [-0.25, -0.2) is 4.98 Å². The number of anilines is 1. The van der Waals surface area contributed by atoms with Gasteiger partial charge >= 0.3 is 0 Å². The number of hydrogen-bond acceptors (Lipinski definition) is 4. The highest BCUT2D eigenvalue weighted by Crippen LogP contribution is 2.17. The number of aryl methyl sites for hydroxylation is 1. The van der Waals surface area contributed by atoms with Gasteiger partial charge in [0, 0.05) is 29.9 Å². The predicted molar refractivity (Wildman–Crippen MR) is 97.1 cm³/mol. The van der Waals surface area contributed by atoms with Crippen LogP contribution in [0.25, 0.3) is 0 Å². The Morgan fingerprint density at radius 2 is 2.16 bits per heavy atom. The minimum absolute atomic E-state index is 0.0153. The number of pyridine rings is 1. The van der Waals surface area contributed by atoms with E-state index in [1.807, 2.05) is 12.1 Å². The minimum Gasteiger partial charge on any atom is -0.472 e. The summed E-state index contributed by atoms with van der Waals surface area (Å²) in [5, 5.41) is 2.92. The molecular formula is C20H24N2O3. The molecule has 1 aromatic carbocycles. The Balaban J connectivity index is 1.60. The molecule has 0 radical (unpaired) electrons. The van der Waals surface area contributed by atoms with E-state index in [2.05, 4.69) is 29.4 Å². The van der Waals surface area contributed by atoms with Crippen LogP contribution in [0.5, 0.6) is 5.88 Å². The van der Waals surface area contributed by atoms with E-state index in [9.17, 15) is 4.79 Å². The van der Waals surface area contributed by atoms with E-state index in [1.165, 1.54) is 18.4 Å². The quantitative estimate of drug-likeness (QED) is 0.832. The Labute approximate surface area is 148 Å². The standard InChI is InChI=1S/C20H24N2O3/c1-2-3-4-15-5-7-17(8-6-15)22-20(23)16-9-11-21-19(13-16)25-18-10-12-24-14-18/h5-9,11,13,18H,2-4,10,12,14H2,1H3,(H,22,23). The largest absolute Gasteiger partial charge is 0.472 e. The minimum atomic E-state index is -0.170. The fourth-order valence-electron chi connectivity index (χ4n) is 2.73. The smallest absolute Gasteiger partial charge is 0.255 e. The summed E-state index contributed by atoms with van der Waals surface area (Å²) in [7, 11) is 0. The van der Waals surface area contributed by atoms with Crippen LogP contribution in [0.3, 0.4) is 0 Å². The maximum atomic E-state index is 12.4. The number of unbranched alkanes of at least 4 members (excludes halogenated alkanes) is 1. The van der Waals surface area contributed by atoms with E-state index < -0.39 is 0 Å². The van der Waals surface area contributed by atoms with E-state index in [0.29, 0.717) is 24.7 Å². The second-order valence-corrected chi connectivity index (χ2v) is 6.24. The number of carbonyl (C=O) groups is 1. The van der Waals surface area contributed by atoms with Crippen LogP contribution < -0.4 is 10.1 Å². The van der Waals surface area contributed by atoms with E-state index >= 15 is 0 Å². The second-order valence-electron chi connectivity index (χ2n) is 6.24. The fraction of sp³-hybridized carbons (Fsp3) is 0.400. The summed E-state index contributed by atoms with van der Waals surface area (Å²) >= 11 is 0. The number of nitrogens with one attached hydrogen (secondary N) is 1. The molecule has 1 fully saturated rings. The monoisotopic (exact) mass is 340 g/mol. The first-order valence-corrected chi connectivity index (χ1v) is 8.85. The van der Waals surface area contributed by atoms with Crippen molar-refractivity contribution in [1.29, 1.82) is 0 Å². The molecule has 1 aliphatic heterocycles. The van der Waals surface area contributed by atoms with Crippen molar-refractivity contribution in [2.75, 3.05) is 18.5 Å². The molecule has 0 bridgehead atoms. The average Bonchev–Trinajstić information content (AvgIpc) is 3.14. The molecular weight excluding hydrogens is 316 g/mol. The Hall–Kier alpha value is -2.40. The maximum Gasteiger partial charge on any atom is 0.255 e. The van der Waals surface area contributed by atoms with Crippen LogP contribution in [0.2, 0.25) is 0 Å². The molecule has 1 aromatic heterocycles. The van der Waals surface area contributed by atoms with Crippen molar-refractivity contribution in [2.24, 2.45) is 0 Å². The molecule has 1 saturated heterocycles. The number of rotatable bonds is 7. The lowest BCUT2D eigenvalue weighted by Crippen LogP contribution is -2.17. The topological polar surface area (TPSA) is 60.5 Å². The highest BCUT2D eigenvalue weighted by Gasteiger charge is 2.18. The summed E-state index contributed by atoms with van der Waals surface area (Å²) < 4.78 is 11.0. The first-order chi connectivity index (χ1) is 12.2. The Kier molecular flexibility index (Phi) is 6.01. The molecule has 0 saturated carbocycles. The SMILES string of the molecule is CCCCc1ccc(NC(=O)c2ccnc(OC3CCOC3)c2)cc1. The van der Waals surface area contributed by atoms with Crippen molar-refractivity contribution in [1.82, 2.24) is 4.98 Å². The van der Waals surface area contributed by atoms with Crippen molar-refractivity contribution in [3.8, 4) is 5.88 Å². The molecule has 25 heavy (non-hydrogen) atoms. The summed E-state index contributed by atoms with van der Waals surface area (Å²) in [6.45, 7) is 3.46. The lowest BCUT2D eigenvalue weighted by molar-refractivity contribution is 0.102. The van der Waals surface area contributed by atoms with Gasteiger partial charge in [-0.3, -0.25) is 4.79 Å². The first-order valence-electron chi connectivity index (χ1n) is 8.85. The molecule has 1 unspecified atom stereocenters. The summed E-state index contributed by atoms with van der Waals surface area (Å²) in [5.74, 6) is 0.286. The summed E-state index contributed by atoms with van der Waals surface area (Å²) in [4.78, 5) is 16.6.